The van der Waals surface area contributed by atoms with Gasteiger partial charge in [0.25, 0.3) is 0 Å². The van der Waals surface area contributed by atoms with Gasteiger partial charge in [-0.05, 0) is 23.1 Å². The topological polar surface area (TPSA) is 104 Å². The van der Waals surface area contributed by atoms with E-state index in [0.717, 1.165) is 5.56 Å². The Bertz CT molecular complexity index is 572. The molecule has 0 aliphatic carbocycles. The third-order valence-corrected chi connectivity index (χ3v) is 4.22. The van der Waals surface area contributed by atoms with Crippen LogP contribution >= 0.6 is 0 Å². The molecule has 1 rings (SSSR count). The van der Waals surface area contributed by atoms with Crippen molar-refractivity contribution in [1.29, 1.82) is 0 Å². The first-order chi connectivity index (χ1) is 9.04. The van der Waals surface area contributed by atoms with Crippen LogP contribution in [0.4, 0.5) is 0 Å². The summed E-state index contributed by atoms with van der Waals surface area (Å²) in [5.74, 6) is -1.48. The van der Waals surface area contributed by atoms with E-state index in [0.29, 0.717) is 0 Å². The molecule has 3 N–H and O–H groups in total. The highest BCUT2D eigenvalue weighted by Crippen LogP contribution is 2.23. The van der Waals surface area contributed by atoms with E-state index in [4.69, 9.17) is 10.2 Å². The number of aliphatic hydroxyl groups excluding tert-OH is 1. The Morgan fingerprint density at radius 2 is 1.75 bits per heavy atom. The number of nitrogens with one attached hydrogen (secondary N) is 1. The van der Waals surface area contributed by atoms with Crippen molar-refractivity contribution in [3.8, 4) is 0 Å². The Kier molecular flexibility index (Phi) is 4.90. The van der Waals surface area contributed by atoms with Crippen molar-refractivity contribution in [2.45, 2.75) is 37.2 Å². The van der Waals surface area contributed by atoms with Crippen molar-refractivity contribution in [2.75, 3.05) is 6.54 Å². The van der Waals surface area contributed by atoms with E-state index < -0.39 is 28.6 Å². The number of aliphatic carboxylic acids is 1. The van der Waals surface area contributed by atoms with Crippen LogP contribution in [-0.4, -0.2) is 37.2 Å². The highest BCUT2D eigenvalue weighted by atomic mass is 32.2. The third kappa shape index (κ3) is 4.29. The van der Waals surface area contributed by atoms with E-state index in [9.17, 15) is 13.2 Å². The van der Waals surface area contributed by atoms with Gasteiger partial charge in [-0.2, -0.15) is 0 Å². The van der Waals surface area contributed by atoms with Gasteiger partial charge in [-0.15, -0.1) is 0 Å². The van der Waals surface area contributed by atoms with Gasteiger partial charge in [0.15, 0.2) is 6.10 Å². The van der Waals surface area contributed by atoms with Crippen molar-refractivity contribution in [2.24, 2.45) is 0 Å². The molecule has 1 atom stereocenters. The fraction of sp³-hybridized carbons (Fsp3) is 0.462. The van der Waals surface area contributed by atoms with Gasteiger partial charge in [0.05, 0.1) is 4.90 Å². The van der Waals surface area contributed by atoms with Gasteiger partial charge in [0.2, 0.25) is 10.0 Å². The Labute approximate surface area is 118 Å². The van der Waals surface area contributed by atoms with E-state index in [2.05, 4.69) is 4.72 Å². The molecular formula is C13H19NO5S. The number of sulfonamides is 1. The summed E-state index contributed by atoms with van der Waals surface area (Å²) >= 11 is 0. The van der Waals surface area contributed by atoms with E-state index in [1.54, 1.807) is 12.1 Å². The highest BCUT2D eigenvalue weighted by Gasteiger charge is 2.20. The Hall–Kier alpha value is -1.44. The summed E-state index contributed by atoms with van der Waals surface area (Å²) < 4.78 is 25.9. The molecule has 0 heterocycles. The van der Waals surface area contributed by atoms with Crippen LogP contribution < -0.4 is 4.72 Å². The molecule has 112 valence electrons. The van der Waals surface area contributed by atoms with Gasteiger partial charge < -0.3 is 10.2 Å². The number of aliphatic hydroxyl groups is 1. The maximum atomic E-state index is 11.9. The van der Waals surface area contributed by atoms with Gasteiger partial charge in [-0.3, -0.25) is 0 Å². The second-order valence-corrected chi connectivity index (χ2v) is 7.25. The van der Waals surface area contributed by atoms with E-state index >= 15 is 0 Å². The number of carboxylic acids is 1. The quantitative estimate of drug-likeness (QED) is 0.743. The van der Waals surface area contributed by atoms with Crippen LogP contribution in [-0.2, 0) is 20.2 Å². The SMILES string of the molecule is CC(C)(C)c1ccc(S(=O)(=O)NCC(O)C(=O)O)cc1. The Balaban J connectivity index is 2.86. The molecule has 1 aromatic rings. The summed E-state index contributed by atoms with van der Waals surface area (Å²) in [5.41, 5.74) is 0.900. The van der Waals surface area contributed by atoms with Crippen LogP contribution in [0.3, 0.4) is 0 Å². The fourth-order valence-corrected chi connectivity index (χ4v) is 2.53. The first kappa shape index (κ1) is 16.6. The van der Waals surface area contributed by atoms with Crippen molar-refractivity contribution in [3.63, 3.8) is 0 Å². The van der Waals surface area contributed by atoms with Crippen LogP contribution in [0.15, 0.2) is 29.2 Å². The number of hydrogen-bond donors (Lipinski definition) is 3. The summed E-state index contributed by atoms with van der Waals surface area (Å²) in [6.45, 7) is 5.46. The van der Waals surface area contributed by atoms with Gasteiger partial charge in [-0.1, -0.05) is 32.9 Å². The standard InChI is InChI=1S/C13H19NO5S/c1-13(2,3)9-4-6-10(7-5-9)20(18,19)14-8-11(15)12(16)17/h4-7,11,14-15H,8H2,1-3H3,(H,16,17). The molecule has 0 saturated heterocycles. The van der Waals surface area contributed by atoms with Crippen LogP contribution in [0.5, 0.6) is 0 Å². The summed E-state index contributed by atoms with van der Waals surface area (Å²) in [5, 5.41) is 17.6. The predicted octanol–water partition coefficient (Wildman–Crippen LogP) is 0.708. The number of carboxylic acid groups (broad SMARTS) is 1. The fourth-order valence-electron chi connectivity index (χ4n) is 1.49. The molecule has 0 aromatic heterocycles. The zero-order valence-corrected chi connectivity index (χ0v) is 12.4. The number of benzene rings is 1. The summed E-state index contributed by atoms with van der Waals surface area (Å²) in [6, 6.07) is 6.33. The molecule has 0 radical (unpaired) electrons. The minimum atomic E-state index is -3.82. The maximum absolute atomic E-state index is 11.9. The molecule has 1 aromatic carbocycles. The van der Waals surface area contributed by atoms with Crippen LogP contribution in [0, 0.1) is 0 Å². The molecule has 0 aliphatic heterocycles. The van der Waals surface area contributed by atoms with E-state index in [1.165, 1.54) is 12.1 Å². The molecule has 1 unspecified atom stereocenters. The molecule has 20 heavy (non-hydrogen) atoms. The molecule has 0 spiro atoms. The Morgan fingerprint density at radius 3 is 2.15 bits per heavy atom. The highest BCUT2D eigenvalue weighted by molar-refractivity contribution is 7.89. The number of carbonyl (C=O) groups is 1. The van der Waals surface area contributed by atoms with Gasteiger partial charge in [-0.25, -0.2) is 17.9 Å². The molecule has 7 heteroatoms. The zero-order chi connectivity index (χ0) is 15.6. The van der Waals surface area contributed by atoms with Crippen LogP contribution in [0.2, 0.25) is 0 Å². The summed E-state index contributed by atoms with van der Waals surface area (Å²) in [7, 11) is -3.82. The smallest absolute Gasteiger partial charge is 0.333 e. The van der Waals surface area contributed by atoms with Crippen LogP contribution in [0.25, 0.3) is 0 Å². The summed E-state index contributed by atoms with van der Waals surface area (Å²) in [4.78, 5) is 10.5. The van der Waals surface area contributed by atoms with Crippen molar-refractivity contribution >= 4 is 16.0 Å². The third-order valence-electron chi connectivity index (χ3n) is 2.78. The van der Waals surface area contributed by atoms with Crippen molar-refractivity contribution in [3.05, 3.63) is 29.8 Å². The first-order valence-electron chi connectivity index (χ1n) is 6.05. The largest absolute Gasteiger partial charge is 0.479 e. The molecule has 0 amide bonds. The van der Waals surface area contributed by atoms with E-state index in [-0.39, 0.29) is 10.3 Å². The lowest BCUT2D eigenvalue weighted by molar-refractivity contribution is -0.146. The Morgan fingerprint density at radius 1 is 1.25 bits per heavy atom. The molecular weight excluding hydrogens is 282 g/mol. The maximum Gasteiger partial charge on any atom is 0.333 e. The minimum Gasteiger partial charge on any atom is -0.479 e. The molecule has 0 fully saturated rings. The number of hydrogen-bond acceptors (Lipinski definition) is 4. The second-order valence-electron chi connectivity index (χ2n) is 5.48. The monoisotopic (exact) mass is 301 g/mol. The second kappa shape index (κ2) is 5.90. The predicted molar refractivity (Wildman–Crippen MR) is 74.0 cm³/mol. The van der Waals surface area contributed by atoms with Gasteiger partial charge in [0, 0.05) is 6.54 Å². The lowest BCUT2D eigenvalue weighted by Crippen LogP contribution is -2.36. The molecule has 6 nitrogen and oxygen atoms in total. The first-order valence-corrected chi connectivity index (χ1v) is 7.53. The average molecular weight is 301 g/mol. The van der Waals surface area contributed by atoms with Crippen LogP contribution in [0.1, 0.15) is 26.3 Å². The zero-order valence-electron chi connectivity index (χ0n) is 11.6. The van der Waals surface area contributed by atoms with E-state index in [1.807, 2.05) is 20.8 Å². The van der Waals surface area contributed by atoms with Crippen molar-refractivity contribution < 1.29 is 23.4 Å². The number of rotatable bonds is 5. The molecule has 0 bridgehead atoms. The van der Waals surface area contributed by atoms with Crippen molar-refractivity contribution in [1.82, 2.24) is 4.72 Å². The normalized spacial score (nSPS) is 14.0. The average Bonchev–Trinajstić information content (AvgIpc) is 2.35. The van der Waals surface area contributed by atoms with Gasteiger partial charge >= 0.3 is 5.97 Å². The molecule has 0 saturated carbocycles. The molecule has 0 aliphatic rings. The lowest BCUT2D eigenvalue weighted by Gasteiger charge is -2.19. The summed E-state index contributed by atoms with van der Waals surface area (Å²) in [6.07, 6.45) is -1.77. The minimum absolute atomic E-state index is 0.0306. The lowest BCUT2D eigenvalue weighted by atomic mass is 9.87. The van der Waals surface area contributed by atoms with Gasteiger partial charge in [0.1, 0.15) is 0 Å².